The third kappa shape index (κ3) is 3.61. The van der Waals surface area contributed by atoms with E-state index in [-0.39, 0.29) is 12.2 Å². The van der Waals surface area contributed by atoms with Gasteiger partial charge in [-0.1, -0.05) is 0 Å². The zero-order valence-electron chi connectivity index (χ0n) is 14.6. The van der Waals surface area contributed by atoms with Crippen LogP contribution in [0.3, 0.4) is 0 Å². The lowest BCUT2D eigenvalue weighted by molar-refractivity contribution is -0.119. The quantitative estimate of drug-likeness (QED) is 0.683. The van der Waals surface area contributed by atoms with Crippen molar-refractivity contribution < 1.29 is 9.53 Å². The molecule has 4 rings (SSSR count). The van der Waals surface area contributed by atoms with Crippen molar-refractivity contribution in [3.8, 4) is 5.75 Å². The van der Waals surface area contributed by atoms with E-state index in [1.807, 2.05) is 0 Å². The molecule has 2 heterocycles. The first-order valence-electron chi connectivity index (χ1n) is 8.69. The Hall–Kier alpha value is -3.00. The minimum atomic E-state index is -0.529. The van der Waals surface area contributed by atoms with Crippen LogP contribution in [0, 0.1) is 0 Å². The van der Waals surface area contributed by atoms with Crippen molar-refractivity contribution in [3.05, 3.63) is 57.0 Å². The van der Waals surface area contributed by atoms with Gasteiger partial charge in [0.1, 0.15) is 16.9 Å². The Kier molecular flexibility index (Phi) is 4.72. The molecule has 0 bridgehead atoms. The Balaban J connectivity index is 1.59. The molecule has 3 aromatic rings. The molecule has 0 unspecified atom stereocenters. The number of benzene rings is 1. The van der Waals surface area contributed by atoms with Gasteiger partial charge < -0.3 is 10.5 Å². The predicted octanol–water partition coefficient (Wildman–Crippen LogP) is 2.08. The molecule has 8 heteroatoms. The summed E-state index contributed by atoms with van der Waals surface area (Å²) in [5, 5.41) is 4.98. The molecule has 0 saturated carbocycles. The van der Waals surface area contributed by atoms with Crippen LogP contribution in [0.25, 0.3) is 10.2 Å². The molecule has 2 N–H and O–H groups in total. The number of aryl methyl sites for hydroxylation is 2. The highest BCUT2D eigenvalue weighted by molar-refractivity contribution is 7.18. The normalized spacial score (nSPS) is 13.8. The topological polar surface area (TPSA) is 99.6 Å². The van der Waals surface area contributed by atoms with Crippen LogP contribution in [0.5, 0.6) is 5.75 Å². The molecule has 27 heavy (non-hydrogen) atoms. The van der Waals surface area contributed by atoms with Gasteiger partial charge in [0.25, 0.3) is 11.5 Å². The smallest absolute Gasteiger partial charge is 0.282 e. The van der Waals surface area contributed by atoms with Gasteiger partial charge in [0.15, 0.2) is 6.61 Å². The van der Waals surface area contributed by atoms with Gasteiger partial charge in [-0.3, -0.25) is 9.59 Å². The highest BCUT2D eigenvalue weighted by Gasteiger charge is 2.19. The van der Waals surface area contributed by atoms with Crippen molar-refractivity contribution in [1.29, 1.82) is 0 Å². The molecule has 138 valence electrons. The number of hydrogen-bond donors (Lipinski definition) is 1. The van der Waals surface area contributed by atoms with Crippen molar-refractivity contribution in [2.45, 2.75) is 25.7 Å². The summed E-state index contributed by atoms with van der Waals surface area (Å²) in [6.45, 7) is -0.167. The van der Waals surface area contributed by atoms with Crippen LogP contribution < -0.4 is 16.0 Å². The molecule has 7 nitrogen and oxygen atoms in total. The van der Waals surface area contributed by atoms with E-state index in [0.29, 0.717) is 11.1 Å². The van der Waals surface area contributed by atoms with Crippen LogP contribution in [-0.2, 0) is 17.6 Å². The lowest BCUT2D eigenvalue weighted by atomic mass is 9.97. The first kappa shape index (κ1) is 17.4. The minimum Gasteiger partial charge on any atom is -0.484 e. The second kappa shape index (κ2) is 7.32. The van der Waals surface area contributed by atoms with E-state index in [4.69, 9.17) is 10.5 Å². The molecule has 0 radical (unpaired) electrons. The van der Waals surface area contributed by atoms with E-state index in [1.165, 1.54) is 22.3 Å². The molecule has 0 atom stereocenters. The van der Waals surface area contributed by atoms with Crippen LogP contribution in [0.4, 0.5) is 0 Å². The van der Waals surface area contributed by atoms with Gasteiger partial charge in [-0.05, 0) is 61.1 Å². The number of thiophene rings is 1. The average molecular weight is 382 g/mol. The van der Waals surface area contributed by atoms with Crippen molar-refractivity contribution in [2.24, 2.45) is 10.8 Å². The number of fused-ring (bicyclic) bond motifs is 3. The van der Waals surface area contributed by atoms with E-state index in [2.05, 4.69) is 10.1 Å². The Morgan fingerprint density at radius 3 is 2.85 bits per heavy atom. The Morgan fingerprint density at radius 1 is 1.30 bits per heavy atom. The van der Waals surface area contributed by atoms with Crippen LogP contribution in [0.2, 0.25) is 0 Å². The van der Waals surface area contributed by atoms with Crippen LogP contribution in [0.15, 0.2) is 40.5 Å². The molecule has 1 aliphatic carbocycles. The molecule has 1 aliphatic rings. The fourth-order valence-electron chi connectivity index (χ4n) is 3.15. The molecule has 1 amide bonds. The lowest BCUT2D eigenvalue weighted by Crippen LogP contribution is -2.20. The van der Waals surface area contributed by atoms with Gasteiger partial charge in [-0.25, -0.2) is 4.98 Å². The number of hydrogen-bond acceptors (Lipinski definition) is 6. The van der Waals surface area contributed by atoms with Gasteiger partial charge in [0.05, 0.1) is 11.6 Å². The predicted molar refractivity (Wildman–Crippen MR) is 105 cm³/mol. The second-order valence-electron chi connectivity index (χ2n) is 6.35. The number of nitrogens with two attached hydrogens (primary N) is 1. The largest absolute Gasteiger partial charge is 0.484 e. The number of amides is 1. The van der Waals surface area contributed by atoms with Gasteiger partial charge in [-0.2, -0.15) is 9.78 Å². The average Bonchev–Trinajstić information content (AvgIpc) is 3.06. The van der Waals surface area contributed by atoms with Crippen molar-refractivity contribution >= 4 is 33.7 Å². The van der Waals surface area contributed by atoms with Crippen LogP contribution in [0.1, 0.15) is 28.8 Å². The first-order chi connectivity index (χ1) is 13.1. The summed E-state index contributed by atoms with van der Waals surface area (Å²) in [4.78, 5) is 30.1. The van der Waals surface area contributed by atoms with Crippen molar-refractivity contribution in [3.63, 3.8) is 0 Å². The van der Waals surface area contributed by atoms with Crippen LogP contribution in [-0.4, -0.2) is 28.4 Å². The molecule has 2 aromatic heterocycles. The van der Waals surface area contributed by atoms with Gasteiger partial charge in [0, 0.05) is 4.88 Å². The zero-order valence-corrected chi connectivity index (χ0v) is 15.4. The summed E-state index contributed by atoms with van der Waals surface area (Å²) in [7, 11) is 0. The van der Waals surface area contributed by atoms with Gasteiger partial charge in [0.2, 0.25) is 0 Å². The summed E-state index contributed by atoms with van der Waals surface area (Å²) in [5.41, 5.74) is 6.86. The SMILES string of the molecule is NC(=O)COc1ccc(/C=N/n2cnc3sc4c(c3c2=O)CCCC4)cc1. The summed E-state index contributed by atoms with van der Waals surface area (Å²) in [6, 6.07) is 6.99. The first-order valence-corrected chi connectivity index (χ1v) is 9.51. The number of ether oxygens (including phenoxy) is 1. The van der Waals surface area contributed by atoms with E-state index < -0.39 is 5.91 Å². The number of aromatic nitrogens is 2. The van der Waals surface area contributed by atoms with E-state index in [1.54, 1.807) is 41.8 Å². The highest BCUT2D eigenvalue weighted by Crippen LogP contribution is 2.33. The summed E-state index contributed by atoms with van der Waals surface area (Å²) in [6.07, 6.45) is 7.31. The summed E-state index contributed by atoms with van der Waals surface area (Å²) in [5.74, 6) is 0.00892. The summed E-state index contributed by atoms with van der Waals surface area (Å²) >= 11 is 1.62. The van der Waals surface area contributed by atoms with Crippen LogP contribution >= 0.6 is 11.3 Å². The molecule has 1 aromatic carbocycles. The minimum absolute atomic E-state index is 0.128. The molecular weight excluding hydrogens is 364 g/mol. The number of nitrogens with zero attached hydrogens (tertiary/aromatic N) is 3. The summed E-state index contributed by atoms with van der Waals surface area (Å²) < 4.78 is 6.49. The maximum Gasteiger partial charge on any atom is 0.282 e. The van der Waals surface area contributed by atoms with Gasteiger partial charge in [-0.15, -0.1) is 11.3 Å². The highest BCUT2D eigenvalue weighted by atomic mass is 32.1. The lowest BCUT2D eigenvalue weighted by Gasteiger charge is -2.09. The van der Waals surface area contributed by atoms with Crippen molar-refractivity contribution in [2.75, 3.05) is 6.61 Å². The van der Waals surface area contributed by atoms with E-state index in [0.717, 1.165) is 35.2 Å². The molecule has 0 aliphatic heterocycles. The third-order valence-corrected chi connectivity index (χ3v) is 5.65. The molecular formula is C19H18N4O3S. The standard InChI is InChI=1S/C19H18N4O3S/c20-16(24)10-26-13-7-5-12(6-8-13)9-22-23-11-21-18-17(19(23)25)14-3-1-2-4-15(14)27-18/h5-9,11H,1-4,10H2,(H2,20,24)/b22-9+. The number of rotatable bonds is 5. The Bertz CT molecular complexity index is 1080. The van der Waals surface area contributed by atoms with E-state index >= 15 is 0 Å². The maximum atomic E-state index is 12.8. The van der Waals surface area contributed by atoms with Gasteiger partial charge >= 0.3 is 0 Å². The molecule has 0 spiro atoms. The fourth-order valence-corrected chi connectivity index (χ4v) is 4.37. The number of carbonyl (C=O) groups excluding carboxylic acids is 1. The number of carbonyl (C=O) groups is 1. The van der Waals surface area contributed by atoms with Crippen molar-refractivity contribution in [1.82, 2.24) is 9.66 Å². The monoisotopic (exact) mass is 382 g/mol. The fraction of sp³-hybridized carbons (Fsp3) is 0.263. The third-order valence-electron chi connectivity index (χ3n) is 4.45. The van der Waals surface area contributed by atoms with E-state index in [9.17, 15) is 9.59 Å². The number of primary amides is 1. The zero-order chi connectivity index (χ0) is 18.8. The second-order valence-corrected chi connectivity index (χ2v) is 7.44. The Labute approximate surface area is 159 Å². The molecule has 0 saturated heterocycles. The maximum absolute atomic E-state index is 12.8. The molecule has 0 fully saturated rings. The Morgan fingerprint density at radius 2 is 2.07 bits per heavy atom.